The standard InChI is InChI=1S/C15H21F3N2S/c1-2-20-8-7-13(11-20)10-19-9-12-3-5-14(6-4-12)21-15(16,17)18/h3-6,13,19H,2,7-11H2,1H3. The van der Waals surface area contributed by atoms with Gasteiger partial charge in [-0.1, -0.05) is 19.1 Å². The highest BCUT2D eigenvalue weighted by molar-refractivity contribution is 8.00. The number of nitrogens with one attached hydrogen (secondary N) is 1. The summed E-state index contributed by atoms with van der Waals surface area (Å²) in [5, 5.41) is 3.40. The van der Waals surface area contributed by atoms with Crippen LogP contribution in [0.3, 0.4) is 0 Å². The van der Waals surface area contributed by atoms with Gasteiger partial charge in [0.2, 0.25) is 0 Å². The minimum Gasteiger partial charge on any atom is -0.312 e. The molecule has 1 aliphatic heterocycles. The third-order valence-electron chi connectivity index (χ3n) is 3.74. The monoisotopic (exact) mass is 318 g/mol. The van der Waals surface area contributed by atoms with E-state index in [4.69, 9.17) is 0 Å². The SMILES string of the molecule is CCN1CCC(CNCc2ccc(SC(F)(F)F)cc2)C1. The normalized spacial score (nSPS) is 20.1. The summed E-state index contributed by atoms with van der Waals surface area (Å²) in [5.41, 5.74) is -3.19. The van der Waals surface area contributed by atoms with Crippen molar-refractivity contribution in [1.29, 1.82) is 0 Å². The number of halogens is 3. The number of likely N-dealkylation sites (tertiary alicyclic amines) is 1. The Morgan fingerprint density at radius 3 is 2.57 bits per heavy atom. The van der Waals surface area contributed by atoms with Crippen LogP contribution >= 0.6 is 11.8 Å². The van der Waals surface area contributed by atoms with Crippen LogP contribution in [0.4, 0.5) is 13.2 Å². The van der Waals surface area contributed by atoms with Gasteiger partial charge in [-0.05, 0) is 61.4 Å². The van der Waals surface area contributed by atoms with Crippen molar-refractivity contribution in [3.8, 4) is 0 Å². The van der Waals surface area contributed by atoms with Gasteiger partial charge in [-0.3, -0.25) is 0 Å². The van der Waals surface area contributed by atoms with Gasteiger partial charge in [0.25, 0.3) is 0 Å². The lowest BCUT2D eigenvalue weighted by molar-refractivity contribution is -0.0328. The fourth-order valence-corrected chi connectivity index (χ4v) is 3.14. The summed E-state index contributed by atoms with van der Waals surface area (Å²) in [4.78, 5) is 2.68. The van der Waals surface area contributed by atoms with Gasteiger partial charge in [-0.2, -0.15) is 13.2 Å². The van der Waals surface area contributed by atoms with Crippen molar-refractivity contribution in [3.05, 3.63) is 29.8 Å². The summed E-state index contributed by atoms with van der Waals surface area (Å²) >= 11 is -0.0695. The number of alkyl halides is 3. The summed E-state index contributed by atoms with van der Waals surface area (Å²) in [6, 6.07) is 6.58. The molecule has 1 aliphatic rings. The summed E-state index contributed by atoms with van der Waals surface area (Å²) in [7, 11) is 0. The van der Waals surface area contributed by atoms with Crippen molar-refractivity contribution < 1.29 is 13.2 Å². The molecule has 0 aromatic heterocycles. The van der Waals surface area contributed by atoms with Crippen LogP contribution in [0.5, 0.6) is 0 Å². The molecule has 1 fully saturated rings. The van der Waals surface area contributed by atoms with E-state index < -0.39 is 5.51 Å². The lowest BCUT2D eigenvalue weighted by Crippen LogP contribution is -2.26. The van der Waals surface area contributed by atoms with Crippen molar-refractivity contribution in [2.24, 2.45) is 5.92 Å². The van der Waals surface area contributed by atoms with E-state index in [-0.39, 0.29) is 16.7 Å². The maximum atomic E-state index is 12.2. The molecular weight excluding hydrogens is 297 g/mol. The van der Waals surface area contributed by atoms with Crippen molar-refractivity contribution in [2.75, 3.05) is 26.2 Å². The van der Waals surface area contributed by atoms with Gasteiger partial charge in [-0.25, -0.2) is 0 Å². The predicted octanol–water partition coefficient (Wildman–Crippen LogP) is 3.73. The maximum absolute atomic E-state index is 12.2. The Hall–Kier alpha value is -0.720. The highest BCUT2D eigenvalue weighted by Crippen LogP contribution is 2.36. The first-order chi connectivity index (χ1) is 9.96. The van der Waals surface area contributed by atoms with Crippen LogP contribution in [0.1, 0.15) is 18.9 Å². The second-order valence-corrected chi connectivity index (χ2v) is 6.51. The van der Waals surface area contributed by atoms with Gasteiger partial charge in [0.1, 0.15) is 0 Å². The van der Waals surface area contributed by atoms with Gasteiger partial charge in [0.15, 0.2) is 0 Å². The van der Waals surface area contributed by atoms with Crippen LogP contribution in [-0.2, 0) is 6.54 Å². The number of benzene rings is 1. The van der Waals surface area contributed by atoms with Crippen LogP contribution in [0.2, 0.25) is 0 Å². The molecule has 1 aromatic carbocycles. The molecule has 1 atom stereocenters. The predicted molar refractivity (Wildman–Crippen MR) is 80.3 cm³/mol. The van der Waals surface area contributed by atoms with Crippen LogP contribution < -0.4 is 5.32 Å². The molecule has 1 aromatic rings. The van der Waals surface area contributed by atoms with E-state index in [1.165, 1.54) is 25.1 Å². The van der Waals surface area contributed by atoms with E-state index >= 15 is 0 Å². The van der Waals surface area contributed by atoms with E-state index in [9.17, 15) is 13.2 Å². The third-order valence-corrected chi connectivity index (χ3v) is 4.48. The minimum atomic E-state index is -4.21. The number of nitrogens with zero attached hydrogens (tertiary/aromatic N) is 1. The van der Waals surface area contributed by atoms with E-state index in [0.717, 1.165) is 25.2 Å². The largest absolute Gasteiger partial charge is 0.446 e. The Balaban J connectivity index is 1.71. The number of hydrogen-bond acceptors (Lipinski definition) is 3. The van der Waals surface area contributed by atoms with E-state index in [1.807, 2.05) is 0 Å². The molecule has 0 amide bonds. The zero-order valence-electron chi connectivity index (χ0n) is 12.1. The van der Waals surface area contributed by atoms with E-state index in [2.05, 4.69) is 17.1 Å². The third kappa shape index (κ3) is 5.88. The van der Waals surface area contributed by atoms with E-state index in [1.54, 1.807) is 12.1 Å². The van der Waals surface area contributed by atoms with Gasteiger partial charge in [0.05, 0.1) is 0 Å². The fourth-order valence-electron chi connectivity index (χ4n) is 2.60. The lowest BCUT2D eigenvalue weighted by Gasteiger charge is -2.14. The molecule has 0 bridgehead atoms. The molecule has 0 saturated carbocycles. The fraction of sp³-hybridized carbons (Fsp3) is 0.600. The number of thioether (sulfide) groups is 1. The average molecular weight is 318 g/mol. The molecule has 118 valence electrons. The van der Waals surface area contributed by atoms with Crippen molar-refractivity contribution in [1.82, 2.24) is 10.2 Å². The number of rotatable bonds is 6. The molecule has 0 aliphatic carbocycles. The molecule has 1 N–H and O–H groups in total. The molecule has 1 saturated heterocycles. The molecule has 6 heteroatoms. The summed E-state index contributed by atoms with van der Waals surface area (Å²) in [5.74, 6) is 0.685. The first-order valence-electron chi connectivity index (χ1n) is 7.24. The quantitative estimate of drug-likeness (QED) is 0.805. The average Bonchev–Trinajstić information content (AvgIpc) is 2.87. The highest BCUT2D eigenvalue weighted by Gasteiger charge is 2.29. The molecule has 2 rings (SSSR count). The highest BCUT2D eigenvalue weighted by atomic mass is 32.2. The zero-order chi connectivity index (χ0) is 15.3. The van der Waals surface area contributed by atoms with Crippen molar-refractivity contribution >= 4 is 11.8 Å². The first kappa shape index (κ1) is 16.6. The molecule has 2 nitrogen and oxygen atoms in total. The molecular formula is C15H21F3N2S. The summed E-state index contributed by atoms with van der Waals surface area (Å²) in [6.45, 7) is 7.27. The molecule has 21 heavy (non-hydrogen) atoms. The van der Waals surface area contributed by atoms with Crippen molar-refractivity contribution in [2.45, 2.75) is 30.3 Å². The second-order valence-electron chi connectivity index (χ2n) is 5.37. The smallest absolute Gasteiger partial charge is 0.312 e. The van der Waals surface area contributed by atoms with Gasteiger partial charge in [-0.15, -0.1) is 0 Å². The summed E-state index contributed by atoms with van der Waals surface area (Å²) < 4.78 is 36.7. The minimum absolute atomic E-state index is 0.0695. The van der Waals surface area contributed by atoms with Gasteiger partial charge < -0.3 is 10.2 Å². The zero-order valence-corrected chi connectivity index (χ0v) is 12.9. The lowest BCUT2D eigenvalue weighted by atomic mass is 10.1. The topological polar surface area (TPSA) is 15.3 Å². The van der Waals surface area contributed by atoms with Crippen molar-refractivity contribution in [3.63, 3.8) is 0 Å². The van der Waals surface area contributed by atoms with Gasteiger partial charge in [0, 0.05) is 18.0 Å². The van der Waals surface area contributed by atoms with Crippen LogP contribution in [0, 0.1) is 5.92 Å². The van der Waals surface area contributed by atoms with Crippen LogP contribution in [0.25, 0.3) is 0 Å². The number of hydrogen-bond donors (Lipinski definition) is 1. The Morgan fingerprint density at radius 1 is 1.29 bits per heavy atom. The Kier molecular flexibility index (Phi) is 5.96. The molecule has 0 spiro atoms. The maximum Gasteiger partial charge on any atom is 0.446 e. The Labute approximate surface area is 128 Å². The van der Waals surface area contributed by atoms with Gasteiger partial charge >= 0.3 is 5.51 Å². The Bertz CT molecular complexity index is 434. The second kappa shape index (κ2) is 7.51. The first-order valence-corrected chi connectivity index (χ1v) is 8.05. The molecule has 1 unspecified atom stereocenters. The summed E-state index contributed by atoms with van der Waals surface area (Å²) in [6.07, 6.45) is 1.22. The van der Waals surface area contributed by atoms with Crippen LogP contribution in [0.15, 0.2) is 29.2 Å². The molecule has 1 heterocycles. The van der Waals surface area contributed by atoms with Crippen LogP contribution in [-0.4, -0.2) is 36.6 Å². The Morgan fingerprint density at radius 2 is 2.00 bits per heavy atom. The molecule has 0 radical (unpaired) electrons. The van der Waals surface area contributed by atoms with E-state index in [0.29, 0.717) is 12.5 Å².